The monoisotopic (exact) mass is 676 g/mol. The van der Waals surface area contributed by atoms with Gasteiger partial charge in [-0.05, 0) is 0 Å². The van der Waals surface area contributed by atoms with Crippen LogP contribution in [-0.4, -0.2) is 98.9 Å². The predicted molar refractivity (Wildman–Crippen MR) is 146 cm³/mol. The van der Waals surface area contributed by atoms with E-state index in [0.717, 1.165) is 6.33 Å². The van der Waals surface area contributed by atoms with Crippen LogP contribution in [0.2, 0.25) is 0 Å². The van der Waals surface area contributed by atoms with Gasteiger partial charge in [-0.2, -0.15) is 0 Å². The molecular weight excluding hydrogens is 653 g/mol. The van der Waals surface area contributed by atoms with E-state index in [0.29, 0.717) is 0 Å². The van der Waals surface area contributed by atoms with Crippen LogP contribution in [0.25, 0.3) is 22.3 Å². The lowest BCUT2D eigenvalue weighted by molar-refractivity contribution is -0.0619. The van der Waals surface area contributed by atoms with Crippen LogP contribution in [0.3, 0.4) is 0 Å². The lowest BCUT2D eigenvalue weighted by atomic mass is 10.1. The second kappa shape index (κ2) is 10.9. The van der Waals surface area contributed by atoms with Gasteiger partial charge >= 0.3 is 14.6 Å². The Labute approximate surface area is 250 Å². The Morgan fingerprint density at radius 3 is 2.05 bits per heavy atom. The van der Waals surface area contributed by atoms with Crippen molar-refractivity contribution in [1.82, 2.24) is 39.0 Å². The number of halogens is 1. The van der Waals surface area contributed by atoms with Crippen LogP contribution in [-0.2, 0) is 36.7 Å². The summed E-state index contributed by atoms with van der Waals surface area (Å²) in [6.07, 6.45) is -7.80. The van der Waals surface area contributed by atoms with Crippen molar-refractivity contribution in [2.24, 2.45) is 0 Å². The quantitative estimate of drug-likeness (QED) is 0.141. The molecule has 20 nitrogen and oxygen atoms in total. The topological polar surface area (TPSA) is 269 Å². The van der Waals surface area contributed by atoms with Crippen LogP contribution < -0.4 is 11.5 Å². The first-order valence-corrected chi connectivity index (χ1v) is 16.9. The zero-order chi connectivity index (χ0) is 31.0. The highest BCUT2D eigenvalue weighted by molar-refractivity contribution is 8.44. The van der Waals surface area contributed by atoms with Crippen molar-refractivity contribution in [3.8, 4) is 0 Å². The van der Waals surface area contributed by atoms with Gasteiger partial charge in [0.2, 0.25) is 0 Å². The fraction of sp³-hybridized carbons (Fsp3) is 0.500. The van der Waals surface area contributed by atoms with Gasteiger partial charge in [-0.15, -0.1) is 0 Å². The minimum Gasteiger partial charge on any atom is -0.387 e. The standard InChI is InChI=1S/C20H23FN10O10P2S/c21-9-13-8(39-19(9)30-5-28-10-15(22)24-3-26-17(10)30)2-37-43(35,44)41-14-12(32)7(1-36-42(33,34)40-13)38-20(14)31-6-29-11-16(23)25-4-27-18(11)31/h3-9,12-14,19-20,32H,1-2H2,(H,33,34)(H,35,44)(H2,22,24,26)(H2,23,25,27)/t7?,8?,9?,12?,13?,14?,19-,20-,43+/m1/s1. The molecular formula is C20H23FN10O10P2S. The maximum Gasteiger partial charge on any atom is 0.472 e. The van der Waals surface area contributed by atoms with E-state index in [-0.39, 0.29) is 34.0 Å². The molecule has 24 heteroatoms. The molecule has 2 bridgehead atoms. The summed E-state index contributed by atoms with van der Waals surface area (Å²) in [5.41, 5.74) is 12.4. The highest BCUT2D eigenvalue weighted by atomic mass is 32.7. The maximum absolute atomic E-state index is 15.9. The summed E-state index contributed by atoms with van der Waals surface area (Å²) in [5, 5.41) is 11.1. The van der Waals surface area contributed by atoms with Crippen molar-refractivity contribution in [3.05, 3.63) is 25.3 Å². The first-order chi connectivity index (χ1) is 20.9. The van der Waals surface area contributed by atoms with E-state index >= 15 is 4.39 Å². The zero-order valence-electron chi connectivity index (χ0n) is 22.0. The Hall–Kier alpha value is -2.88. The first kappa shape index (κ1) is 29.8. The number of nitrogens with zero attached hydrogens (tertiary/aromatic N) is 8. The van der Waals surface area contributed by atoms with Crippen molar-refractivity contribution in [3.63, 3.8) is 0 Å². The van der Waals surface area contributed by atoms with Crippen molar-refractivity contribution < 1.29 is 51.1 Å². The number of hydrogen-bond donors (Lipinski definition) is 5. The smallest absolute Gasteiger partial charge is 0.387 e. The molecule has 3 aliphatic rings. The maximum atomic E-state index is 15.9. The Balaban J connectivity index is 1.20. The molecule has 236 valence electrons. The normalized spacial score (nSPS) is 38.3. The molecule has 3 fully saturated rings. The Morgan fingerprint density at radius 2 is 1.41 bits per heavy atom. The van der Waals surface area contributed by atoms with E-state index in [1.54, 1.807) is 0 Å². The molecule has 3 aliphatic heterocycles. The number of phosphoric acid groups is 1. The number of ether oxygens (including phenoxy) is 2. The number of fused-ring (bicyclic) bond motifs is 5. The van der Waals surface area contributed by atoms with Crippen molar-refractivity contribution in [2.75, 3.05) is 24.7 Å². The van der Waals surface area contributed by atoms with Crippen LogP contribution in [0.5, 0.6) is 0 Å². The zero-order valence-corrected chi connectivity index (χ0v) is 24.6. The van der Waals surface area contributed by atoms with Gasteiger partial charge in [0, 0.05) is 0 Å². The Bertz CT molecular complexity index is 1830. The molecule has 3 saturated heterocycles. The van der Waals surface area contributed by atoms with E-state index in [2.05, 4.69) is 42.2 Å². The molecule has 0 radical (unpaired) electrons. The second-order valence-corrected chi connectivity index (χ2v) is 14.2. The average Bonchev–Trinajstić information content (AvgIpc) is 3.73. The van der Waals surface area contributed by atoms with Gasteiger partial charge in [-0.3, -0.25) is 27.2 Å². The summed E-state index contributed by atoms with van der Waals surface area (Å²) in [5.74, 6) is 0.0891. The molecule has 7 unspecified atom stereocenters. The lowest BCUT2D eigenvalue weighted by Crippen LogP contribution is -2.35. The Kier molecular flexibility index (Phi) is 7.37. The van der Waals surface area contributed by atoms with Gasteiger partial charge < -0.3 is 30.9 Å². The van der Waals surface area contributed by atoms with Crippen molar-refractivity contribution in [2.45, 2.75) is 49.1 Å². The summed E-state index contributed by atoms with van der Waals surface area (Å²) in [6, 6.07) is 0. The minimum absolute atomic E-state index is 0.0302. The van der Waals surface area contributed by atoms with E-state index in [9.17, 15) is 19.1 Å². The summed E-state index contributed by atoms with van der Waals surface area (Å²) in [7, 11) is -5.06. The van der Waals surface area contributed by atoms with Gasteiger partial charge in [0.25, 0.3) is 0 Å². The number of nitrogens with two attached hydrogens (primary N) is 2. The molecule has 0 spiro atoms. The van der Waals surface area contributed by atoms with Gasteiger partial charge in [-0.25, -0.2) is 43.4 Å². The third-order valence-electron chi connectivity index (χ3n) is 7.22. The van der Waals surface area contributed by atoms with Crippen LogP contribution in [0.1, 0.15) is 12.5 Å². The first-order valence-electron chi connectivity index (χ1n) is 12.7. The molecule has 0 amide bonds. The van der Waals surface area contributed by atoms with Gasteiger partial charge in [-0.1, -0.05) is 12.2 Å². The van der Waals surface area contributed by atoms with Crippen LogP contribution in [0, 0.1) is 0 Å². The predicted octanol–water partition coefficient (Wildman–Crippen LogP) is 0.280. The van der Waals surface area contributed by atoms with E-state index in [1.807, 2.05) is 0 Å². The third-order valence-corrected chi connectivity index (χ3v) is 9.82. The SMILES string of the molecule is Nc1ncnc2c1ncn2[C@@H]1OC2CO[P@](=O)(S)OC3C(O)C(COP(=O)(O)OC2C1F)O[C@H]3n1cnc2c(N)ncnc21. The molecule has 44 heavy (non-hydrogen) atoms. The summed E-state index contributed by atoms with van der Waals surface area (Å²) >= 11 is 4.04. The Morgan fingerprint density at radius 1 is 0.841 bits per heavy atom. The minimum atomic E-state index is -5.06. The van der Waals surface area contributed by atoms with Gasteiger partial charge in [0.15, 0.2) is 41.6 Å². The highest BCUT2D eigenvalue weighted by Gasteiger charge is 2.54. The number of rotatable bonds is 2. The van der Waals surface area contributed by atoms with E-state index < -0.39 is 77.0 Å². The van der Waals surface area contributed by atoms with Crippen LogP contribution in [0.15, 0.2) is 25.3 Å². The third kappa shape index (κ3) is 5.14. The number of alkyl halides is 1. The summed E-state index contributed by atoms with van der Waals surface area (Å²) in [6.45, 7) is -5.84. The number of aliphatic hydroxyl groups excluding tert-OH is 1. The molecule has 0 aromatic carbocycles. The van der Waals surface area contributed by atoms with Crippen molar-refractivity contribution >= 4 is 60.8 Å². The number of aliphatic hydroxyl groups is 1. The van der Waals surface area contributed by atoms with Crippen molar-refractivity contribution in [1.29, 1.82) is 0 Å². The molecule has 0 saturated carbocycles. The van der Waals surface area contributed by atoms with E-state index in [4.69, 9.17) is 39.0 Å². The second-order valence-electron chi connectivity index (χ2n) is 9.90. The molecule has 7 rings (SSSR count). The molecule has 4 aromatic heterocycles. The van der Waals surface area contributed by atoms with Gasteiger partial charge in [0.1, 0.15) is 54.2 Å². The molecule has 6 N–H and O–H groups in total. The number of imidazole rings is 2. The highest BCUT2D eigenvalue weighted by Crippen LogP contribution is 2.58. The fourth-order valence-corrected chi connectivity index (χ4v) is 7.60. The number of thiol groups is 1. The van der Waals surface area contributed by atoms with Gasteiger partial charge in [0.05, 0.1) is 25.9 Å². The average molecular weight is 676 g/mol. The van der Waals surface area contributed by atoms with E-state index in [1.165, 1.54) is 28.1 Å². The summed E-state index contributed by atoms with van der Waals surface area (Å²) in [4.78, 5) is 34.7. The fourth-order valence-electron chi connectivity index (χ4n) is 5.19. The van der Waals surface area contributed by atoms with Crippen LogP contribution in [0.4, 0.5) is 16.0 Å². The number of aromatic nitrogens is 8. The lowest BCUT2D eigenvalue weighted by Gasteiger charge is -2.26. The largest absolute Gasteiger partial charge is 0.472 e. The molecule has 4 aromatic rings. The number of nitrogen functional groups attached to an aromatic ring is 2. The summed E-state index contributed by atoms with van der Waals surface area (Å²) < 4.78 is 78.0. The molecule has 0 aliphatic carbocycles. The molecule has 10 atom stereocenters. The number of hydrogen-bond acceptors (Lipinski definition) is 17. The number of phosphoric ester groups is 1. The molecule has 7 heterocycles. The van der Waals surface area contributed by atoms with Crippen LogP contribution >= 0.6 is 26.9 Å². The number of anilines is 2.